The van der Waals surface area contributed by atoms with Crippen molar-refractivity contribution < 1.29 is 18.7 Å². The molecule has 0 spiro atoms. The zero-order valence-corrected chi connectivity index (χ0v) is 18.4. The monoisotopic (exact) mass is 452 g/mol. The minimum atomic E-state index is -0.319. The number of anilines is 1. The highest BCUT2D eigenvalue weighted by atomic mass is 32.1. The Morgan fingerprint density at radius 3 is 2.66 bits per heavy atom. The van der Waals surface area contributed by atoms with Gasteiger partial charge in [-0.3, -0.25) is 9.59 Å². The third kappa shape index (κ3) is 5.81. The van der Waals surface area contributed by atoms with Crippen molar-refractivity contribution in [1.29, 1.82) is 0 Å². The molecule has 1 unspecified atom stereocenters. The van der Waals surface area contributed by atoms with Gasteiger partial charge in [0.05, 0.1) is 23.9 Å². The lowest BCUT2D eigenvalue weighted by atomic mass is 10.1. The quantitative estimate of drug-likeness (QED) is 0.545. The second-order valence-electron chi connectivity index (χ2n) is 7.78. The fraction of sp³-hybridized carbons (Fsp3) is 0.280. The maximum Gasteiger partial charge on any atom is 0.268 e. The molecular weight excluding hydrogens is 427 g/mol. The Kier molecular flexibility index (Phi) is 7.29. The Hall–Kier alpha value is -3.03. The van der Waals surface area contributed by atoms with E-state index in [1.54, 1.807) is 23.1 Å². The number of thiophene rings is 1. The van der Waals surface area contributed by atoms with Crippen molar-refractivity contribution in [1.82, 2.24) is 5.32 Å². The van der Waals surface area contributed by atoms with Crippen LogP contribution in [0.4, 0.5) is 10.1 Å². The number of carbonyl (C=O) groups excluding carboxylic acids is 2. The van der Waals surface area contributed by atoms with Crippen LogP contribution in [0.25, 0.3) is 0 Å². The summed E-state index contributed by atoms with van der Waals surface area (Å²) < 4.78 is 18.9. The average Bonchev–Trinajstić information content (AvgIpc) is 3.51. The van der Waals surface area contributed by atoms with Crippen LogP contribution in [0.5, 0.6) is 0 Å². The molecule has 0 radical (unpaired) electrons. The van der Waals surface area contributed by atoms with Gasteiger partial charge in [0.25, 0.3) is 5.91 Å². The summed E-state index contributed by atoms with van der Waals surface area (Å²) in [6.07, 6.45) is 2.32. The number of nitrogens with one attached hydrogen (secondary N) is 1. The number of hydrogen-bond donors (Lipinski definition) is 1. The van der Waals surface area contributed by atoms with Crippen LogP contribution in [0.15, 0.2) is 66.0 Å². The molecule has 0 aliphatic carbocycles. The first kappa shape index (κ1) is 22.2. The molecule has 0 saturated carbocycles. The molecule has 166 valence electrons. The third-order valence-electron chi connectivity index (χ3n) is 5.37. The van der Waals surface area contributed by atoms with Gasteiger partial charge < -0.3 is 15.0 Å². The van der Waals surface area contributed by atoms with Crippen LogP contribution < -0.4 is 10.2 Å². The molecule has 7 heteroatoms. The van der Waals surface area contributed by atoms with Crippen LogP contribution in [-0.2, 0) is 22.5 Å². The van der Waals surface area contributed by atoms with Gasteiger partial charge in [0.15, 0.2) is 0 Å². The van der Waals surface area contributed by atoms with Gasteiger partial charge in [-0.1, -0.05) is 30.3 Å². The number of amides is 2. The SMILES string of the molecule is O=C(Cc1cccc(N(Cc2ccc(F)cc2)C(=O)c2cccs2)c1)NCC1CCCO1. The Labute approximate surface area is 190 Å². The van der Waals surface area contributed by atoms with E-state index in [0.29, 0.717) is 23.7 Å². The molecule has 2 aromatic carbocycles. The second kappa shape index (κ2) is 10.5. The average molecular weight is 453 g/mol. The summed E-state index contributed by atoms with van der Waals surface area (Å²) in [5.74, 6) is -0.530. The van der Waals surface area contributed by atoms with E-state index in [0.717, 1.165) is 30.6 Å². The van der Waals surface area contributed by atoms with Crippen LogP contribution in [0, 0.1) is 5.82 Å². The minimum absolute atomic E-state index is 0.0766. The van der Waals surface area contributed by atoms with Crippen LogP contribution in [-0.4, -0.2) is 31.1 Å². The summed E-state index contributed by atoms with van der Waals surface area (Å²) in [6.45, 7) is 1.57. The predicted molar refractivity (Wildman–Crippen MR) is 123 cm³/mol. The van der Waals surface area contributed by atoms with Crippen LogP contribution >= 0.6 is 11.3 Å². The van der Waals surface area contributed by atoms with Gasteiger partial charge in [-0.2, -0.15) is 0 Å². The molecule has 1 N–H and O–H groups in total. The van der Waals surface area contributed by atoms with Gasteiger partial charge in [-0.05, 0) is 59.7 Å². The number of halogens is 1. The lowest BCUT2D eigenvalue weighted by Crippen LogP contribution is -2.33. The first-order chi connectivity index (χ1) is 15.6. The zero-order chi connectivity index (χ0) is 22.3. The van der Waals surface area contributed by atoms with E-state index in [9.17, 15) is 14.0 Å². The third-order valence-corrected chi connectivity index (χ3v) is 6.23. The van der Waals surface area contributed by atoms with E-state index in [-0.39, 0.29) is 30.2 Å². The van der Waals surface area contributed by atoms with E-state index in [1.807, 2.05) is 35.7 Å². The first-order valence-corrected chi connectivity index (χ1v) is 11.5. The van der Waals surface area contributed by atoms with Crippen LogP contribution in [0.2, 0.25) is 0 Å². The van der Waals surface area contributed by atoms with E-state index >= 15 is 0 Å². The van der Waals surface area contributed by atoms with E-state index in [2.05, 4.69) is 5.32 Å². The normalized spacial score (nSPS) is 15.5. The fourth-order valence-corrected chi connectivity index (χ4v) is 4.37. The maximum atomic E-state index is 13.3. The van der Waals surface area contributed by atoms with Crippen LogP contribution in [0.1, 0.15) is 33.6 Å². The van der Waals surface area contributed by atoms with Crippen molar-refractivity contribution in [2.45, 2.75) is 31.9 Å². The number of hydrogen-bond acceptors (Lipinski definition) is 4. The largest absolute Gasteiger partial charge is 0.376 e. The molecule has 5 nitrogen and oxygen atoms in total. The highest BCUT2D eigenvalue weighted by molar-refractivity contribution is 7.12. The summed E-state index contributed by atoms with van der Waals surface area (Å²) >= 11 is 1.37. The fourth-order valence-electron chi connectivity index (χ4n) is 3.70. The molecule has 32 heavy (non-hydrogen) atoms. The first-order valence-electron chi connectivity index (χ1n) is 10.7. The van der Waals surface area contributed by atoms with Crippen molar-refractivity contribution >= 4 is 28.8 Å². The lowest BCUT2D eigenvalue weighted by molar-refractivity contribution is -0.120. The molecule has 2 heterocycles. The number of nitrogens with zero attached hydrogens (tertiary/aromatic N) is 1. The van der Waals surface area contributed by atoms with Crippen molar-refractivity contribution in [3.8, 4) is 0 Å². The number of rotatable bonds is 8. The zero-order valence-electron chi connectivity index (χ0n) is 17.6. The molecule has 1 saturated heterocycles. The molecule has 3 aromatic rings. The molecule has 4 rings (SSSR count). The predicted octanol–water partition coefficient (Wildman–Crippen LogP) is 4.57. The van der Waals surface area contributed by atoms with Gasteiger partial charge in [0.1, 0.15) is 5.82 Å². The van der Waals surface area contributed by atoms with Gasteiger partial charge in [0, 0.05) is 18.8 Å². The summed E-state index contributed by atoms with van der Waals surface area (Å²) in [4.78, 5) is 27.9. The maximum absolute atomic E-state index is 13.3. The highest BCUT2D eigenvalue weighted by Crippen LogP contribution is 2.24. The summed E-state index contributed by atoms with van der Waals surface area (Å²) in [5, 5.41) is 4.79. The molecule has 1 aliphatic rings. The molecule has 1 aromatic heterocycles. The molecule has 1 atom stereocenters. The van der Waals surface area contributed by atoms with Crippen LogP contribution in [0.3, 0.4) is 0 Å². The topological polar surface area (TPSA) is 58.6 Å². The minimum Gasteiger partial charge on any atom is -0.376 e. The van der Waals surface area contributed by atoms with Crippen molar-refractivity contribution in [3.63, 3.8) is 0 Å². The molecular formula is C25H25FN2O3S. The van der Waals surface area contributed by atoms with Gasteiger partial charge in [-0.15, -0.1) is 11.3 Å². The standard InChI is InChI=1S/C25H25FN2O3S/c26-20-10-8-18(9-11-20)17-28(25(30)23-7-3-13-32-23)21-5-1-4-19(14-21)15-24(29)27-16-22-6-2-12-31-22/h1,3-5,7-11,13-14,22H,2,6,12,15-17H2,(H,27,29). The summed E-state index contributed by atoms with van der Waals surface area (Å²) in [7, 11) is 0. The second-order valence-corrected chi connectivity index (χ2v) is 8.73. The molecule has 1 fully saturated rings. The Balaban J connectivity index is 1.50. The highest BCUT2D eigenvalue weighted by Gasteiger charge is 2.20. The molecule has 1 aliphatic heterocycles. The number of benzene rings is 2. The number of ether oxygens (including phenoxy) is 1. The van der Waals surface area contributed by atoms with Crippen molar-refractivity contribution in [2.24, 2.45) is 0 Å². The Morgan fingerprint density at radius 2 is 1.94 bits per heavy atom. The Morgan fingerprint density at radius 1 is 1.09 bits per heavy atom. The molecule has 0 bridgehead atoms. The van der Waals surface area contributed by atoms with E-state index < -0.39 is 0 Å². The van der Waals surface area contributed by atoms with Gasteiger partial charge >= 0.3 is 0 Å². The van der Waals surface area contributed by atoms with Gasteiger partial charge in [-0.25, -0.2) is 4.39 Å². The van der Waals surface area contributed by atoms with Crippen molar-refractivity contribution in [2.75, 3.05) is 18.1 Å². The van der Waals surface area contributed by atoms with Crippen molar-refractivity contribution in [3.05, 3.63) is 87.9 Å². The van der Waals surface area contributed by atoms with E-state index in [4.69, 9.17) is 4.74 Å². The van der Waals surface area contributed by atoms with E-state index in [1.165, 1.54) is 23.5 Å². The Bertz CT molecular complexity index is 1050. The number of carbonyl (C=O) groups is 2. The van der Waals surface area contributed by atoms with Gasteiger partial charge in [0.2, 0.25) is 5.91 Å². The smallest absolute Gasteiger partial charge is 0.268 e. The summed E-state index contributed by atoms with van der Waals surface area (Å²) in [5.41, 5.74) is 2.32. The molecule has 2 amide bonds. The lowest BCUT2D eigenvalue weighted by Gasteiger charge is -2.23. The summed E-state index contributed by atoms with van der Waals surface area (Å²) in [6, 6.07) is 17.2.